The molecule has 22 heavy (non-hydrogen) atoms. The molecule has 2 aliphatic rings. The molecular formula is C15H23N3O4. The lowest BCUT2D eigenvalue weighted by molar-refractivity contribution is -0.0762. The molecule has 0 spiro atoms. The largest absolute Gasteiger partial charge is 0.391 e. The van der Waals surface area contributed by atoms with Crippen LogP contribution in [0.3, 0.4) is 0 Å². The Morgan fingerprint density at radius 1 is 1.27 bits per heavy atom. The van der Waals surface area contributed by atoms with Crippen LogP contribution in [-0.4, -0.2) is 36.8 Å². The highest BCUT2D eigenvalue weighted by Crippen LogP contribution is 2.42. The van der Waals surface area contributed by atoms with Crippen molar-refractivity contribution in [1.82, 2.24) is 14.3 Å². The summed E-state index contributed by atoms with van der Waals surface area (Å²) >= 11 is 0. The third kappa shape index (κ3) is 2.52. The fourth-order valence-corrected chi connectivity index (χ4v) is 3.70. The van der Waals surface area contributed by atoms with Crippen molar-refractivity contribution < 1.29 is 9.84 Å². The predicted molar refractivity (Wildman–Crippen MR) is 79.8 cm³/mol. The van der Waals surface area contributed by atoms with Gasteiger partial charge < -0.3 is 9.84 Å². The molecular weight excluding hydrogens is 286 g/mol. The molecule has 7 nitrogen and oxygen atoms in total. The van der Waals surface area contributed by atoms with Crippen molar-refractivity contribution >= 4 is 0 Å². The minimum Gasteiger partial charge on any atom is -0.391 e. The van der Waals surface area contributed by atoms with E-state index in [0.717, 1.165) is 6.42 Å². The SMILES string of the molecule is CC1(C)CC(Cn2nc3n(c(=O)c2=O)C[C@@H](O)C3)C(C)(C)O1. The van der Waals surface area contributed by atoms with Crippen LogP contribution in [0, 0.1) is 5.92 Å². The molecule has 2 atom stereocenters. The first-order valence-electron chi connectivity index (χ1n) is 7.68. The Balaban J connectivity index is 1.95. The van der Waals surface area contributed by atoms with E-state index >= 15 is 0 Å². The van der Waals surface area contributed by atoms with Gasteiger partial charge in [-0.2, -0.15) is 5.10 Å². The van der Waals surface area contributed by atoms with Crippen molar-refractivity contribution in [3.8, 4) is 0 Å². The molecule has 3 rings (SSSR count). The van der Waals surface area contributed by atoms with Crippen molar-refractivity contribution in [2.24, 2.45) is 5.92 Å². The third-order valence-corrected chi connectivity index (χ3v) is 4.68. The second kappa shape index (κ2) is 4.76. The third-order valence-electron chi connectivity index (χ3n) is 4.68. The highest BCUT2D eigenvalue weighted by molar-refractivity contribution is 5.00. The number of aliphatic hydroxyl groups is 1. The first kappa shape index (κ1) is 15.4. The fourth-order valence-electron chi connectivity index (χ4n) is 3.70. The molecule has 0 amide bonds. The second-order valence-electron chi connectivity index (χ2n) is 7.54. The quantitative estimate of drug-likeness (QED) is 0.772. The number of nitrogens with zero attached hydrogens (tertiary/aromatic N) is 3. The van der Waals surface area contributed by atoms with Crippen molar-refractivity contribution in [3.63, 3.8) is 0 Å². The maximum absolute atomic E-state index is 12.2. The van der Waals surface area contributed by atoms with E-state index in [-0.39, 0.29) is 23.7 Å². The van der Waals surface area contributed by atoms with Gasteiger partial charge in [0.05, 0.1) is 30.4 Å². The minimum atomic E-state index is -0.638. The molecule has 2 aliphatic heterocycles. The van der Waals surface area contributed by atoms with Crippen LogP contribution in [0.1, 0.15) is 39.9 Å². The topological polar surface area (TPSA) is 86.4 Å². The van der Waals surface area contributed by atoms with E-state index in [0.29, 0.717) is 18.8 Å². The van der Waals surface area contributed by atoms with E-state index in [2.05, 4.69) is 5.10 Å². The van der Waals surface area contributed by atoms with Crippen molar-refractivity contribution in [2.75, 3.05) is 0 Å². The average Bonchev–Trinajstić information content (AvgIpc) is 2.82. The number of aromatic nitrogens is 3. The maximum Gasteiger partial charge on any atom is 0.332 e. The molecule has 0 aromatic carbocycles. The van der Waals surface area contributed by atoms with Gasteiger partial charge in [0.2, 0.25) is 0 Å². The first-order valence-corrected chi connectivity index (χ1v) is 7.68. The number of ether oxygens (including phenoxy) is 1. The summed E-state index contributed by atoms with van der Waals surface area (Å²) in [6.45, 7) is 8.57. The van der Waals surface area contributed by atoms with Crippen molar-refractivity contribution in [3.05, 3.63) is 26.5 Å². The predicted octanol–water partition coefficient (Wildman–Crippen LogP) is -0.0843. The molecule has 1 unspecified atom stereocenters. The van der Waals surface area contributed by atoms with E-state index < -0.39 is 17.2 Å². The summed E-state index contributed by atoms with van der Waals surface area (Å²) in [4.78, 5) is 24.4. The number of hydrogen-bond donors (Lipinski definition) is 1. The minimum absolute atomic E-state index is 0.0986. The van der Waals surface area contributed by atoms with Crippen LogP contribution in [0.25, 0.3) is 0 Å². The monoisotopic (exact) mass is 309 g/mol. The molecule has 0 saturated carbocycles. The van der Waals surface area contributed by atoms with Gasteiger partial charge in [0.15, 0.2) is 0 Å². The van der Waals surface area contributed by atoms with Crippen LogP contribution < -0.4 is 11.1 Å². The van der Waals surface area contributed by atoms with Gasteiger partial charge >= 0.3 is 11.1 Å². The van der Waals surface area contributed by atoms with Gasteiger partial charge in [0.25, 0.3) is 0 Å². The summed E-state index contributed by atoms with van der Waals surface area (Å²) in [6.07, 6.45) is 0.474. The molecule has 1 fully saturated rings. The van der Waals surface area contributed by atoms with E-state index in [9.17, 15) is 14.7 Å². The van der Waals surface area contributed by atoms with Gasteiger partial charge in [0, 0.05) is 12.3 Å². The number of fused-ring (bicyclic) bond motifs is 1. The first-order chi connectivity index (χ1) is 10.1. The van der Waals surface area contributed by atoms with Gasteiger partial charge in [-0.15, -0.1) is 0 Å². The Morgan fingerprint density at radius 2 is 1.95 bits per heavy atom. The summed E-state index contributed by atoms with van der Waals surface area (Å²) < 4.78 is 8.57. The second-order valence-corrected chi connectivity index (χ2v) is 7.54. The molecule has 1 N–H and O–H groups in total. The van der Waals surface area contributed by atoms with E-state index in [4.69, 9.17) is 4.74 Å². The fraction of sp³-hybridized carbons (Fsp3) is 0.800. The Labute approximate surface area is 128 Å². The standard InChI is InChI=1S/C15H23N3O4/c1-14(2)6-9(15(3,4)22-14)7-18-13(21)12(20)17-8-10(19)5-11(17)16-18/h9-10,19H,5-8H2,1-4H3/t9?,10-/m0/s1. The Bertz CT molecular complexity index is 716. The lowest BCUT2D eigenvalue weighted by Crippen LogP contribution is -2.45. The molecule has 0 aliphatic carbocycles. The Morgan fingerprint density at radius 3 is 2.55 bits per heavy atom. The van der Waals surface area contributed by atoms with Crippen LogP contribution in [0.15, 0.2) is 9.59 Å². The average molecular weight is 309 g/mol. The molecule has 7 heteroatoms. The number of rotatable bonds is 2. The maximum atomic E-state index is 12.2. The molecule has 1 saturated heterocycles. The zero-order chi connectivity index (χ0) is 16.3. The molecule has 0 radical (unpaired) electrons. The molecule has 1 aromatic rings. The van der Waals surface area contributed by atoms with Crippen molar-refractivity contribution in [2.45, 2.75) is 70.9 Å². The normalized spacial score (nSPS) is 28.8. The Kier molecular flexibility index (Phi) is 3.34. The van der Waals surface area contributed by atoms with Gasteiger partial charge in [-0.25, -0.2) is 4.68 Å². The van der Waals surface area contributed by atoms with Crippen LogP contribution in [0.4, 0.5) is 0 Å². The summed E-state index contributed by atoms with van der Waals surface area (Å²) in [5.41, 5.74) is -1.85. The van der Waals surface area contributed by atoms with E-state index in [1.807, 2.05) is 27.7 Å². The van der Waals surface area contributed by atoms with E-state index in [1.54, 1.807) is 0 Å². The van der Waals surface area contributed by atoms with Crippen LogP contribution >= 0.6 is 0 Å². The van der Waals surface area contributed by atoms with Crippen molar-refractivity contribution in [1.29, 1.82) is 0 Å². The van der Waals surface area contributed by atoms with Gasteiger partial charge in [-0.05, 0) is 34.1 Å². The van der Waals surface area contributed by atoms with Gasteiger partial charge in [-0.3, -0.25) is 14.2 Å². The highest BCUT2D eigenvalue weighted by atomic mass is 16.5. The van der Waals surface area contributed by atoms with Crippen LogP contribution in [-0.2, 0) is 24.2 Å². The molecule has 0 bridgehead atoms. The van der Waals surface area contributed by atoms with Gasteiger partial charge in [-0.1, -0.05) is 0 Å². The lowest BCUT2D eigenvalue weighted by atomic mass is 9.87. The zero-order valence-electron chi connectivity index (χ0n) is 13.5. The molecule has 122 valence electrons. The molecule has 1 aromatic heterocycles. The Hall–Kier alpha value is -1.47. The van der Waals surface area contributed by atoms with E-state index in [1.165, 1.54) is 9.25 Å². The summed E-state index contributed by atoms with van der Waals surface area (Å²) in [7, 11) is 0. The zero-order valence-corrected chi connectivity index (χ0v) is 13.5. The summed E-state index contributed by atoms with van der Waals surface area (Å²) in [5, 5.41) is 14.0. The number of aliphatic hydroxyl groups excluding tert-OH is 1. The smallest absolute Gasteiger partial charge is 0.332 e. The van der Waals surface area contributed by atoms with Crippen LogP contribution in [0.2, 0.25) is 0 Å². The summed E-state index contributed by atoms with van der Waals surface area (Å²) in [6, 6.07) is 0. The van der Waals surface area contributed by atoms with Crippen LogP contribution in [0.5, 0.6) is 0 Å². The van der Waals surface area contributed by atoms with Gasteiger partial charge in [0.1, 0.15) is 5.82 Å². The molecule has 3 heterocycles. The number of hydrogen-bond acceptors (Lipinski definition) is 5. The summed E-state index contributed by atoms with van der Waals surface area (Å²) in [5.74, 6) is 0.578. The highest BCUT2D eigenvalue weighted by Gasteiger charge is 2.46. The lowest BCUT2D eigenvalue weighted by Gasteiger charge is -2.27.